The van der Waals surface area contributed by atoms with Crippen molar-refractivity contribution < 1.29 is 0 Å². The monoisotopic (exact) mass is 268 g/mol. The van der Waals surface area contributed by atoms with Crippen molar-refractivity contribution in [3.63, 3.8) is 0 Å². The summed E-state index contributed by atoms with van der Waals surface area (Å²) in [5.74, 6) is 0.562. The van der Waals surface area contributed by atoms with Gasteiger partial charge in [-0.25, -0.2) is 0 Å². The van der Waals surface area contributed by atoms with E-state index in [0.717, 1.165) is 0 Å². The van der Waals surface area contributed by atoms with Gasteiger partial charge in [-0.1, -0.05) is 56.3 Å². The maximum absolute atomic E-state index is 6.00. The predicted molar refractivity (Wildman–Crippen MR) is 87.2 cm³/mol. The van der Waals surface area contributed by atoms with Crippen LogP contribution in [0.2, 0.25) is 0 Å². The highest BCUT2D eigenvalue weighted by Gasteiger charge is 2.15. The molecule has 0 saturated heterocycles. The molecule has 106 valence electrons. The Morgan fingerprint density at radius 3 is 1.95 bits per heavy atom. The first-order chi connectivity index (χ1) is 9.63. The Hall–Kier alpha value is -1.80. The quantitative estimate of drug-likeness (QED) is 0.889. The molecule has 0 aliphatic heterocycles. The van der Waals surface area contributed by atoms with Crippen molar-refractivity contribution in [2.75, 3.05) is 18.5 Å². The van der Waals surface area contributed by atoms with Gasteiger partial charge < -0.3 is 10.6 Å². The summed E-state index contributed by atoms with van der Waals surface area (Å²) < 4.78 is 0. The molecule has 20 heavy (non-hydrogen) atoms. The average molecular weight is 268 g/mol. The molecule has 1 unspecified atom stereocenters. The van der Waals surface area contributed by atoms with Crippen LogP contribution in [-0.2, 0) is 0 Å². The Kier molecular flexibility index (Phi) is 4.80. The third-order valence-corrected chi connectivity index (χ3v) is 3.84. The zero-order chi connectivity index (χ0) is 14.5. The van der Waals surface area contributed by atoms with Gasteiger partial charge in [-0.2, -0.15) is 0 Å². The van der Waals surface area contributed by atoms with Gasteiger partial charge in [0.25, 0.3) is 0 Å². The standard InChI is InChI=1S/C18H24N2/c1-14(2)15-9-11-16(12-10-15)18(13-19)20(3)17-7-5-4-6-8-17/h4-12,14,18H,13,19H2,1-3H3. The lowest BCUT2D eigenvalue weighted by molar-refractivity contribution is 0.680. The van der Waals surface area contributed by atoms with Gasteiger partial charge in [-0.05, 0) is 29.2 Å². The predicted octanol–water partition coefficient (Wildman–Crippen LogP) is 3.95. The highest BCUT2D eigenvalue weighted by Crippen LogP contribution is 2.26. The summed E-state index contributed by atoms with van der Waals surface area (Å²) in [5, 5.41) is 0. The first kappa shape index (κ1) is 14.6. The molecule has 0 aromatic heterocycles. The van der Waals surface area contributed by atoms with Crippen LogP contribution >= 0.6 is 0 Å². The number of nitrogens with zero attached hydrogens (tertiary/aromatic N) is 1. The van der Waals surface area contributed by atoms with Crippen molar-refractivity contribution in [2.45, 2.75) is 25.8 Å². The van der Waals surface area contributed by atoms with Gasteiger partial charge >= 0.3 is 0 Å². The van der Waals surface area contributed by atoms with E-state index in [1.54, 1.807) is 0 Å². The number of rotatable bonds is 5. The van der Waals surface area contributed by atoms with Crippen molar-refractivity contribution in [2.24, 2.45) is 5.73 Å². The van der Waals surface area contributed by atoms with Crippen LogP contribution < -0.4 is 10.6 Å². The van der Waals surface area contributed by atoms with Crippen molar-refractivity contribution in [3.05, 3.63) is 65.7 Å². The van der Waals surface area contributed by atoms with Crippen LogP contribution in [0.3, 0.4) is 0 Å². The third-order valence-electron chi connectivity index (χ3n) is 3.84. The molecule has 2 aromatic carbocycles. The number of hydrogen-bond acceptors (Lipinski definition) is 2. The van der Waals surface area contributed by atoms with Crippen LogP contribution in [0.25, 0.3) is 0 Å². The second kappa shape index (κ2) is 6.58. The van der Waals surface area contributed by atoms with Crippen LogP contribution in [-0.4, -0.2) is 13.6 Å². The third kappa shape index (κ3) is 3.20. The molecule has 2 nitrogen and oxygen atoms in total. The Labute approximate surface area is 122 Å². The van der Waals surface area contributed by atoms with Gasteiger partial charge in [0.1, 0.15) is 0 Å². The highest BCUT2D eigenvalue weighted by molar-refractivity contribution is 5.48. The van der Waals surface area contributed by atoms with Crippen molar-refractivity contribution in [1.82, 2.24) is 0 Å². The minimum Gasteiger partial charge on any atom is -0.366 e. The number of likely N-dealkylation sites (N-methyl/N-ethyl adjacent to an activating group) is 1. The molecule has 2 N–H and O–H groups in total. The van der Waals surface area contributed by atoms with Crippen LogP contribution in [0.1, 0.15) is 36.9 Å². The summed E-state index contributed by atoms with van der Waals surface area (Å²) >= 11 is 0. The zero-order valence-corrected chi connectivity index (χ0v) is 12.6. The van der Waals surface area contributed by atoms with Crippen LogP contribution in [0.5, 0.6) is 0 Å². The van der Waals surface area contributed by atoms with Crippen LogP contribution in [0.4, 0.5) is 5.69 Å². The fourth-order valence-electron chi connectivity index (χ4n) is 2.46. The first-order valence-electron chi connectivity index (χ1n) is 7.21. The highest BCUT2D eigenvalue weighted by atomic mass is 15.1. The van der Waals surface area contributed by atoms with Gasteiger partial charge in [-0.3, -0.25) is 0 Å². The molecule has 2 heteroatoms. The Bertz CT molecular complexity index is 517. The smallest absolute Gasteiger partial charge is 0.0661 e. The van der Waals surface area contributed by atoms with Gasteiger partial charge in [0.2, 0.25) is 0 Å². The molecule has 0 aliphatic carbocycles. The minimum atomic E-state index is 0.207. The largest absolute Gasteiger partial charge is 0.366 e. The summed E-state index contributed by atoms with van der Waals surface area (Å²) in [7, 11) is 2.10. The summed E-state index contributed by atoms with van der Waals surface area (Å²) in [5.41, 5.74) is 9.82. The van der Waals surface area contributed by atoms with Crippen LogP contribution in [0, 0.1) is 0 Å². The van der Waals surface area contributed by atoms with Gasteiger partial charge in [0, 0.05) is 19.3 Å². The second-order valence-corrected chi connectivity index (χ2v) is 5.52. The minimum absolute atomic E-state index is 0.207. The van der Waals surface area contributed by atoms with E-state index >= 15 is 0 Å². The van der Waals surface area contributed by atoms with Gasteiger partial charge in [0.15, 0.2) is 0 Å². The SMILES string of the molecule is CC(C)c1ccc(C(CN)N(C)c2ccccc2)cc1. The number of para-hydroxylation sites is 1. The molecule has 0 fully saturated rings. The molecule has 0 amide bonds. The van der Waals surface area contributed by atoms with Crippen molar-refractivity contribution in [1.29, 1.82) is 0 Å². The van der Waals surface area contributed by atoms with E-state index in [1.807, 2.05) is 6.07 Å². The topological polar surface area (TPSA) is 29.3 Å². The summed E-state index contributed by atoms with van der Waals surface area (Å²) in [6.45, 7) is 5.03. The van der Waals surface area contributed by atoms with E-state index in [-0.39, 0.29) is 6.04 Å². The average Bonchev–Trinajstić information content (AvgIpc) is 2.49. The fraction of sp³-hybridized carbons (Fsp3) is 0.333. The second-order valence-electron chi connectivity index (χ2n) is 5.52. The van der Waals surface area contributed by atoms with E-state index in [1.165, 1.54) is 16.8 Å². The van der Waals surface area contributed by atoms with Gasteiger partial charge in [-0.15, -0.1) is 0 Å². The Morgan fingerprint density at radius 2 is 1.45 bits per heavy atom. The summed E-state index contributed by atoms with van der Waals surface area (Å²) in [6.07, 6.45) is 0. The first-order valence-corrected chi connectivity index (χ1v) is 7.21. The molecule has 1 atom stereocenters. The van der Waals surface area contributed by atoms with E-state index < -0.39 is 0 Å². The summed E-state index contributed by atoms with van der Waals surface area (Å²) in [6, 6.07) is 19.4. The molecular formula is C18H24N2. The fourth-order valence-corrected chi connectivity index (χ4v) is 2.46. The number of nitrogens with two attached hydrogens (primary N) is 1. The lowest BCUT2D eigenvalue weighted by Crippen LogP contribution is -2.30. The lowest BCUT2D eigenvalue weighted by atomic mass is 9.98. The zero-order valence-electron chi connectivity index (χ0n) is 12.6. The van der Waals surface area contributed by atoms with E-state index in [2.05, 4.69) is 74.3 Å². The lowest BCUT2D eigenvalue weighted by Gasteiger charge is -2.29. The number of anilines is 1. The van der Waals surface area contributed by atoms with Crippen molar-refractivity contribution in [3.8, 4) is 0 Å². The van der Waals surface area contributed by atoms with Crippen LogP contribution in [0.15, 0.2) is 54.6 Å². The van der Waals surface area contributed by atoms with E-state index in [0.29, 0.717) is 12.5 Å². The number of hydrogen-bond donors (Lipinski definition) is 1. The molecule has 0 aliphatic rings. The molecule has 2 aromatic rings. The molecule has 0 spiro atoms. The maximum Gasteiger partial charge on any atom is 0.0661 e. The molecular weight excluding hydrogens is 244 g/mol. The maximum atomic E-state index is 6.00. The molecule has 0 heterocycles. The molecule has 0 radical (unpaired) electrons. The Balaban J connectivity index is 2.23. The molecule has 2 rings (SSSR count). The molecule has 0 saturated carbocycles. The van der Waals surface area contributed by atoms with E-state index in [4.69, 9.17) is 5.73 Å². The normalized spacial score (nSPS) is 12.4. The van der Waals surface area contributed by atoms with Crippen molar-refractivity contribution >= 4 is 5.69 Å². The number of benzene rings is 2. The Morgan fingerprint density at radius 1 is 0.900 bits per heavy atom. The van der Waals surface area contributed by atoms with E-state index in [9.17, 15) is 0 Å². The van der Waals surface area contributed by atoms with Gasteiger partial charge in [0.05, 0.1) is 6.04 Å². The molecule has 0 bridgehead atoms. The summed E-state index contributed by atoms with van der Waals surface area (Å²) in [4.78, 5) is 2.24.